The van der Waals surface area contributed by atoms with E-state index in [1.165, 1.54) is 0 Å². The van der Waals surface area contributed by atoms with Crippen molar-refractivity contribution in [2.24, 2.45) is 11.3 Å². The average molecular weight is 289 g/mol. The zero-order valence-corrected chi connectivity index (χ0v) is 13.0. The molecule has 0 amide bonds. The fourth-order valence-electron chi connectivity index (χ4n) is 2.62. The minimum atomic E-state index is -0.531. The van der Waals surface area contributed by atoms with Crippen LogP contribution in [0, 0.1) is 18.3 Å². The minimum absolute atomic E-state index is 0.0497. The number of aromatic nitrogens is 2. The molecular formula is C14H25ClN2O2. The van der Waals surface area contributed by atoms with Crippen LogP contribution in [0.3, 0.4) is 0 Å². The van der Waals surface area contributed by atoms with E-state index in [9.17, 15) is 10.2 Å². The second-order valence-corrected chi connectivity index (χ2v) is 6.13. The van der Waals surface area contributed by atoms with E-state index in [-0.39, 0.29) is 13.2 Å². The highest BCUT2D eigenvalue weighted by Gasteiger charge is 2.32. The fraction of sp³-hybridized carbons (Fsp3) is 0.786. The van der Waals surface area contributed by atoms with Gasteiger partial charge in [-0.05, 0) is 26.2 Å². The van der Waals surface area contributed by atoms with Crippen molar-refractivity contribution in [1.82, 2.24) is 9.78 Å². The number of aliphatic hydroxyl groups excluding tert-OH is 2. The molecule has 110 valence electrons. The number of halogens is 1. The molecule has 0 spiro atoms. The highest BCUT2D eigenvalue weighted by molar-refractivity contribution is 6.31. The molecule has 0 aliphatic rings. The van der Waals surface area contributed by atoms with Crippen molar-refractivity contribution >= 4 is 11.6 Å². The van der Waals surface area contributed by atoms with E-state index < -0.39 is 5.41 Å². The average Bonchev–Trinajstić information content (AvgIpc) is 2.64. The first kappa shape index (κ1) is 16.5. The van der Waals surface area contributed by atoms with Crippen LogP contribution in [-0.2, 0) is 13.0 Å². The van der Waals surface area contributed by atoms with Gasteiger partial charge in [0.25, 0.3) is 0 Å². The van der Waals surface area contributed by atoms with Gasteiger partial charge in [0, 0.05) is 18.4 Å². The number of aliphatic hydroxyl groups is 2. The molecule has 1 aromatic heterocycles. The van der Waals surface area contributed by atoms with Crippen molar-refractivity contribution in [1.29, 1.82) is 0 Å². The van der Waals surface area contributed by atoms with E-state index in [1.807, 2.05) is 18.5 Å². The Kier molecular flexibility index (Phi) is 5.83. The third-order valence-corrected chi connectivity index (χ3v) is 4.00. The van der Waals surface area contributed by atoms with Crippen LogP contribution in [0.5, 0.6) is 0 Å². The molecule has 0 unspecified atom stereocenters. The van der Waals surface area contributed by atoms with Gasteiger partial charge >= 0.3 is 0 Å². The lowest BCUT2D eigenvalue weighted by atomic mass is 9.77. The molecular weight excluding hydrogens is 264 g/mol. The van der Waals surface area contributed by atoms with Gasteiger partial charge in [0.05, 0.1) is 29.6 Å². The van der Waals surface area contributed by atoms with E-state index in [0.717, 1.165) is 24.4 Å². The van der Waals surface area contributed by atoms with E-state index in [0.29, 0.717) is 17.4 Å². The zero-order chi connectivity index (χ0) is 14.6. The van der Waals surface area contributed by atoms with Crippen LogP contribution >= 0.6 is 11.6 Å². The van der Waals surface area contributed by atoms with Crippen molar-refractivity contribution in [2.45, 2.75) is 47.1 Å². The third kappa shape index (κ3) is 3.71. The quantitative estimate of drug-likeness (QED) is 0.810. The molecule has 4 nitrogen and oxygen atoms in total. The molecule has 0 atom stereocenters. The molecule has 1 heterocycles. The van der Waals surface area contributed by atoms with Gasteiger partial charge in [-0.25, -0.2) is 0 Å². The van der Waals surface area contributed by atoms with Gasteiger partial charge in [-0.15, -0.1) is 0 Å². The highest BCUT2D eigenvalue weighted by Crippen LogP contribution is 2.33. The maximum atomic E-state index is 9.72. The molecule has 19 heavy (non-hydrogen) atoms. The molecule has 0 bridgehead atoms. The van der Waals surface area contributed by atoms with Crippen molar-refractivity contribution in [3.05, 3.63) is 16.4 Å². The minimum Gasteiger partial charge on any atom is -0.396 e. The summed E-state index contributed by atoms with van der Waals surface area (Å²) in [4.78, 5) is 0. The molecule has 5 heteroatoms. The molecule has 0 fully saturated rings. The summed E-state index contributed by atoms with van der Waals surface area (Å²) in [6, 6.07) is 0. The largest absolute Gasteiger partial charge is 0.396 e. The summed E-state index contributed by atoms with van der Waals surface area (Å²) in [5.74, 6) is 0.400. The topological polar surface area (TPSA) is 58.3 Å². The Hall–Kier alpha value is -0.580. The molecule has 0 saturated carbocycles. The summed E-state index contributed by atoms with van der Waals surface area (Å²) in [5.41, 5.74) is 1.18. The highest BCUT2D eigenvalue weighted by atomic mass is 35.5. The Balaban J connectivity index is 3.09. The number of hydrogen-bond donors (Lipinski definition) is 2. The molecule has 1 aromatic rings. The summed E-state index contributed by atoms with van der Waals surface area (Å²) in [7, 11) is 0. The van der Waals surface area contributed by atoms with Gasteiger partial charge < -0.3 is 10.2 Å². The molecule has 0 radical (unpaired) electrons. The van der Waals surface area contributed by atoms with Crippen LogP contribution < -0.4 is 0 Å². The summed E-state index contributed by atoms with van der Waals surface area (Å²) in [6.45, 7) is 8.69. The van der Waals surface area contributed by atoms with E-state index in [1.54, 1.807) is 0 Å². The van der Waals surface area contributed by atoms with E-state index in [2.05, 4.69) is 18.9 Å². The second kappa shape index (κ2) is 6.73. The molecule has 0 saturated heterocycles. The van der Waals surface area contributed by atoms with Gasteiger partial charge in [0.15, 0.2) is 0 Å². The maximum absolute atomic E-state index is 9.72. The van der Waals surface area contributed by atoms with Crippen molar-refractivity contribution in [3.8, 4) is 0 Å². The zero-order valence-electron chi connectivity index (χ0n) is 12.3. The SMILES string of the molecule is CCn1nc(C)c(Cl)c1CC(CO)(CO)CC(C)C. The molecule has 1 rings (SSSR count). The first-order valence-electron chi connectivity index (χ1n) is 6.82. The molecule has 0 aliphatic carbocycles. The van der Waals surface area contributed by atoms with Gasteiger partial charge in [-0.1, -0.05) is 25.4 Å². The number of nitrogens with zero attached hydrogens (tertiary/aromatic N) is 2. The Bertz CT molecular complexity index is 412. The lowest BCUT2D eigenvalue weighted by molar-refractivity contribution is 0.0354. The van der Waals surface area contributed by atoms with Crippen LogP contribution in [-0.4, -0.2) is 33.2 Å². The van der Waals surface area contributed by atoms with E-state index in [4.69, 9.17) is 11.6 Å². The summed E-state index contributed by atoms with van der Waals surface area (Å²) < 4.78 is 1.86. The lowest BCUT2D eigenvalue weighted by Crippen LogP contribution is -2.35. The Morgan fingerprint density at radius 3 is 2.32 bits per heavy atom. The first-order valence-corrected chi connectivity index (χ1v) is 7.20. The summed E-state index contributed by atoms with van der Waals surface area (Å²) in [5, 5.41) is 24.5. The van der Waals surface area contributed by atoms with Crippen molar-refractivity contribution < 1.29 is 10.2 Å². The van der Waals surface area contributed by atoms with Crippen LogP contribution in [0.15, 0.2) is 0 Å². The lowest BCUT2D eigenvalue weighted by Gasteiger charge is -2.31. The smallest absolute Gasteiger partial charge is 0.0847 e. The molecule has 0 aliphatic heterocycles. The van der Waals surface area contributed by atoms with Gasteiger partial charge in [0.1, 0.15) is 0 Å². The van der Waals surface area contributed by atoms with Crippen LogP contribution in [0.4, 0.5) is 0 Å². The standard InChI is InChI=1S/C14H25ClN2O2/c1-5-17-12(13(15)11(4)16-17)7-14(8-18,9-19)6-10(2)3/h10,18-19H,5-9H2,1-4H3. The van der Waals surface area contributed by atoms with Crippen LogP contribution in [0.2, 0.25) is 5.02 Å². The van der Waals surface area contributed by atoms with Gasteiger partial charge in [-0.2, -0.15) is 5.10 Å². The Morgan fingerprint density at radius 1 is 1.32 bits per heavy atom. The third-order valence-electron chi connectivity index (χ3n) is 3.51. The number of aryl methyl sites for hydroxylation is 2. The van der Waals surface area contributed by atoms with Crippen LogP contribution in [0.25, 0.3) is 0 Å². The monoisotopic (exact) mass is 288 g/mol. The second-order valence-electron chi connectivity index (χ2n) is 5.75. The van der Waals surface area contributed by atoms with Gasteiger partial charge in [0.2, 0.25) is 0 Å². The van der Waals surface area contributed by atoms with Crippen molar-refractivity contribution in [2.75, 3.05) is 13.2 Å². The summed E-state index contributed by atoms with van der Waals surface area (Å²) in [6.07, 6.45) is 1.30. The van der Waals surface area contributed by atoms with Crippen LogP contribution in [0.1, 0.15) is 38.6 Å². The predicted octanol–water partition coefficient (Wildman–Crippen LogP) is 2.42. The maximum Gasteiger partial charge on any atom is 0.0847 e. The Labute approximate surface area is 120 Å². The number of hydrogen-bond acceptors (Lipinski definition) is 3. The van der Waals surface area contributed by atoms with E-state index >= 15 is 0 Å². The Morgan fingerprint density at radius 2 is 1.89 bits per heavy atom. The molecule has 0 aromatic carbocycles. The molecule has 2 N–H and O–H groups in total. The first-order chi connectivity index (χ1) is 8.89. The predicted molar refractivity (Wildman–Crippen MR) is 77.4 cm³/mol. The van der Waals surface area contributed by atoms with Crippen molar-refractivity contribution in [3.63, 3.8) is 0 Å². The fourth-order valence-corrected chi connectivity index (χ4v) is 2.82. The number of rotatable bonds is 7. The summed E-state index contributed by atoms with van der Waals surface area (Å²) >= 11 is 6.30. The van der Waals surface area contributed by atoms with Gasteiger partial charge in [-0.3, -0.25) is 4.68 Å². The normalized spacial score (nSPS) is 12.4.